The molecule has 1 atom stereocenters. The smallest absolute Gasteiger partial charge is 0.245 e. The molecule has 0 unspecified atom stereocenters. The summed E-state index contributed by atoms with van der Waals surface area (Å²) < 4.78 is 26.3. The molecular formula is C14H20Cl2N2O3S. The molecule has 0 aliphatic carbocycles. The molecule has 1 aromatic rings. The summed E-state index contributed by atoms with van der Waals surface area (Å²) in [4.78, 5) is 11.8. The van der Waals surface area contributed by atoms with Crippen molar-refractivity contribution in [1.29, 1.82) is 0 Å². The van der Waals surface area contributed by atoms with E-state index in [1.807, 2.05) is 13.8 Å². The van der Waals surface area contributed by atoms with Crippen molar-refractivity contribution in [2.75, 3.05) is 13.1 Å². The molecule has 5 nitrogen and oxygen atoms in total. The van der Waals surface area contributed by atoms with Crippen LogP contribution >= 0.6 is 23.2 Å². The fraction of sp³-hybridized carbons (Fsp3) is 0.500. The van der Waals surface area contributed by atoms with Crippen LogP contribution in [-0.2, 0) is 14.8 Å². The molecule has 0 bridgehead atoms. The highest BCUT2D eigenvalue weighted by Gasteiger charge is 2.27. The van der Waals surface area contributed by atoms with Crippen molar-refractivity contribution in [3.63, 3.8) is 0 Å². The van der Waals surface area contributed by atoms with E-state index in [-0.39, 0.29) is 40.0 Å². The lowest BCUT2D eigenvalue weighted by Crippen LogP contribution is -2.43. The molecule has 1 rings (SSSR count). The molecule has 124 valence electrons. The highest BCUT2D eigenvalue weighted by molar-refractivity contribution is 7.89. The number of nitrogens with zero attached hydrogens (tertiary/aromatic N) is 1. The van der Waals surface area contributed by atoms with Gasteiger partial charge in [0.05, 0.1) is 11.6 Å². The van der Waals surface area contributed by atoms with Gasteiger partial charge in [-0.25, -0.2) is 8.42 Å². The van der Waals surface area contributed by atoms with E-state index in [4.69, 9.17) is 23.2 Å². The Kier molecular flexibility index (Phi) is 7.12. The normalized spacial score (nSPS) is 13.2. The van der Waals surface area contributed by atoms with Crippen molar-refractivity contribution < 1.29 is 13.2 Å². The molecule has 0 heterocycles. The maximum Gasteiger partial charge on any atom is 0.245 e. The zero-order valence-corrected chi connectivity index (χ0v) is 15.1. The van der Waals surface area contributed by atoms with E-state index >= 15 is 0 Å². The van der Waals surface area contributed by atoms with Gasteiger partial charge in [-0.15, -0.1) is 0 Å². The molecule has 0 aliphatic rings. The number of nitrogens with one attached hydrogen (secondary N) is 1. The number of halogens is 2. The third-order valence-corrected chi connectivity index (χ3v) is 5.84. The second kappa shape index (κ2) is 8.15. The Hall–Kier alpha value is -0.820. The summed E-state index contributed by atoms with van der Waals surface area (Å²) >= 11 is 11.8. The molecule has 0 aliphatic heterocycles. The first-order valence-electron chi connectivity index (χ1n) is 6.96. The van der Waals surface area contributed by atoms with Crippen LogP contribution in [0.5, 0.6) is 0 Å². The fourth-order valence-electron chi connectivity index (χ4n) is 1.76. The van der Waals surface area contributed by atoms with Crippen LogP contribution < -0.4 is 5.32 Å². The van der Waals surface area contributed by atoms with E-state index in [0.29, 0.717) is 0 Å². The number of hydrogen-bond acceptors (Lipinski definition) is 3. The first-order chi connectivity index (χ1) is 10.2. The highest BCUT2D eigenvalue weighted by atomic mass is 35.5. The van der Waals surface area contributed by atoms with E-state index < -0.39 is 10.0 Å². The predicted octanol–water partition coefficient (Wildman–Crippen LogP) is 2.92. The van der Waals surface area contributed by atoms with E-state index in [0.717, 1.165) is 10.7 Å². The summed E-state index contributed by atoms with van der Waals surface area (Å²) in [6.45, 7) is 5.35. The molecule has 1 amide bonds. The molecule has 1 aromatic carbocycles. The summed E-state index contributed by atoms with van der Waals surface area (Å²) in [6.07, 6.45) is 0.769. The van der Waals surface area contributed by atoms with Crippen LogP contribution in [0.1, 0.15) is 27.2 Å². The molecule has 22 heavy (non-hydrogen) atoms. The van der Waals surface area contributed by atoms with Gasteiger partial charge in [0.1, 0.15) is 4.90 Å². The molecule has 1 N–H and O–H groups in total. The Bertz CT molecular complexity index is 635. The zero-order chi connectivity index (χ0) is 16.9. The van der Waals surface area contributed by atoms with Gasteiger partial charge in [-0.2, -0.15) is 4.31 Å². The predicted molar refractivity (Wildman–Crippen MR) is 88.8 cm³/mol. The SMILES string of the molecule is CC[C@@H](C)NC(=O)CN(CC)S(=O)(=O)c1cc(Cl)ccc1Cl. The van der Waals surface area contributed by atoms with Crippen molar-refractivity contribution in [3.8, 4) is 0 Å². The Balaban J connectivity index is 3.02. The summed E-state index contributed by atoms with van der Waals surface area (Å²) in [5.74, 6) is -0.349. The minimum absolute atomic E-state index is 0.0105. The van der Waals surface area contributed by atoms with Crippen LogP contribution in [0.25, 0.3) is 0 Å². The largest absolute Gasteiger partial charge is 0.353 e. The topological polar surface area (TPSA) is 66.5 Å². The molecule has 0 fully saturated rings. The minimum Gasteiger partial charge on any atom is -0.353 e. The van der Waals surface area contributed by atoms with Crippen LogP contribution in [0.15, 0.2) is 23.1 Å². The van der Waals surface area contributed by atoms with Crippen molar-refractivity contribution in [1.82, 2.24) is 9.62 Å². The number of rotatable bonds is 7. The first-order valence-corrected chi connectivity index (χ1v) is 9.16. The second-order valence-corrected chi connectivity index (χ2v) is 7.63. The lowest BCUT2D eigenvalue weighted by molar-refractivity contribution is -0.121. The molecule has 0 aromatic heterocycles. The zero-order valence-electron chi connectivity index (χ0n) is 12.8. The number of amides is 1. The van der Waals surface area contributed by atoms with Gasteiger partial charge < -0.3 is 5.32 Å². The Morgan fingerprint density at radius 3 is 2.50 bits per heavy atom. The van der Waals surface area contributed by atoms with Crippen molar-refractivity contribution >= 4 is 39.1 Å². The van der Waals surface area contributed by atoms with Gasteiger partial charge in [-0.05, 0) is 31.5 Å². The number of sulfonamides is 1. The van der Waals surface area contributed by atoms with Gasteiger partial charge in [-0.1, -0.05) is 37.0 Å². The third kappa shape index (κ3) is 4.84. The van der Waals surface area contributed by atoms with Crippen LogP contribution in [0.2, 0.25) is 10.0 Å². The second-order valence-electron chi connectivity index (χ2n) is 4.88. The monoisotopic (exact) mass is 366 g/mol. The molecule has 0 saturated carbocycles. The summed E-state index contributed by atoms with van der Waals surface area (Å²) in [7, 11) is -3.89. The van der Waals surface area contributed by atoms with Gasteiger partial charge in [-0.3, -0.25) is 4.79 Å². The highest BCUT2D eigenvalue weighted by Crippen LogP contribution is 2.27. The van der Waals surface area contributed by atoms with Crippen LogP contribution in [0, 0.1) is 0 Å². The molecule has 8 heteroatoms. The van der Waals surface area contributed by atoms with Gasteiger partial charge >= 0.3 is 0 Å². The number of likely N-dealkylation sites (N-methyl/N-ethyl adjacent to an activating group) is 1. The van der Waals surface area contributed by atoms with Crippen LogP contribution in [-0.4, -0.2) is 37.8 Å². The first kappa shape index (κ1) is 19.2. The summed E-state index contributed by atoms with van der Waals surface area (Å²) in [6, 6.07) is 4.20. The fourth-order valence-corrected chi connectivity index (χ4v) is 3.91. The van der Waals surface area contributed by atoms with Gasteiger partial charge in [0, 0.05) is 17.6 Å². The van der Waals surface area contributed by atoms with E-state index in [2.05, 4.69) is 5.32 Å². The Morgan fingerprint density at radius 2 is 1.95 bits per heavy atom. The summed E-state index contributed by atoms with van der Waals surface area (Å²) in [5, 5.41) is 3.08. The number of carbonyl (C=O) groups excluding carboxylic acids is 1. The quantitative estimate of drug-likeness (QED) is 0.806. The van der Waals surface area contributed by atoms with Crippen LogP contribution in [0.3, 0.4) is 0 Å². The number of hydrogen-bond donors (Lipinski definition) is 1. The minimum atomic E-state index is -3.89. The van der Waals surface area contributed by atoms with E-state index in [9.17, 15) is 13.2 Å². The van der Waals surface area contributed by atoms with Crippen molar-refractivity contribution in [2.24, 2.45) is 0 Å². The Morgan fingerprint density at radius 1 is 1.32 bits per heavy atom. The standard InChI is InChI=1S/C14H20Cl2N2O3S/c1-4-10(3)17-14(19)9-18(5-2)22(20,21)13-8-11(15)6-7-12(13)16/h6-8,10H,4-5,9H2,1-3H3,(H,17,19)/t10-/m1/s1. The van der Waals surface area contributed by atoms with Gasteiger partial charge in [0.15, 0.2) is 0 Å². The Labute approximate surface area is 141 Å². The lowest BCUT2D eigenvalue weighted by atomic mass is 10.2. The molecule has 0 radical (unpaired) electrons. The number of carbonyl (C=O) groups is 1. The third-order valence-electron chi connectivity index (χ3n) is 3.20. The maximum atomic E-state index is 12.6. The lowest BCUT2D eigenvalue weighted by Gasteiger charge is -2.22. The average Bonchev–Trinajstić information content (AvgIpc) is 2.46. The maximum absolute atomic E-state index is 12.6. The van der Waals surface area contributed by atoms with E-state index in [1.165, 1.54) is 18.2 Å². The molecule has 0 spiro atoms. The molecule has 0 saturated heterocycles. The number of benzene rings is 1. The summed E-state index contributed by atoms with van der Waals surface area (Å²) in [5.41, 5.74) is 0. The average molecular weight is 367 g/mol. The van der Waals surface area contributed by atoms with Crippen LogP contribution in [0.4, 0.5) is 0 Å². The van der Waals surface area contributed by atoms with Gasteiger partial charge in [0.25, 0.3) is 0 Å². The van der Waals surface area contributed by atoms with Crippen molar-refractivity contribution in [2.45, 2.75) is 38.1 Å². The van der Waals surface area contributed by atoms with Gasteiger partial charge in [0.2, 0.25) is 15.9 Å². The van der Waals surface area contributed by atoms with Crippen molar-refractivity contribution in [3.05, 3.63) is 28.2 Å². The molecular weight excluding hydrogens is 347 g/mol. The van der Waals surface area contributed by atoms with E-state index in [1.54, 1.807) is 6.92 Å².